The molecule has 1 unspecified atom stereocenters. The zero-order valence-corrected chi connectivity index (χ0v) is 9.80. The molecule has 1 rings (SSSR count). The van der Waals surface area contributed by atoms with E-state index in [-0.39, 0.29) is 19.3 Å². The second-order valence-electron chi connectivity index (χ2n) is 4.07. The number of aliphatic carboxylic acids is 1. The number of primary amides is 1. The molecule has 0 aliphatic rings. The van der Waals surface area contributed by atoms with Gasteiger partial charge in [0.25, 0.3) is 0 Å². The maximum Gasteiger partial charge on any atom is 0.319 e. The molecule has 3 N–H and O–H groups in total. The Morgan fingerprint density at radius 1 is 1.33 bits per heavy atom. The topological polar surface area (TPSA) is 104 Å². The van der Waals surface area contributed by atoms with Crippen LogP contribution in [0.1, 0.15) is 18.4 Å². The van der Waals surface area contributed by atoms with Crippen LogP contribution < -0.4 is 5.73 Å². The SMILES string of the molecule is N#CCCC(Cc1ccccc1)(C(N)=O)C(=O)O. The number of carboxylic acid groups (broad SMARTS) is 1. The number of carbonyl (C=O) groups excluding carboxylic acids is 1. The van der Waals surface area contributed by atoms with Gasteiger partial charge in [0.1, 0.15) is 0 Å². The van der Waals surface area contributed by atoms with E-state index in [9.17, 15) is 14.7 Å². The van der Waals surface area contributed by atoms with E-state index in [1.807, 2.05) is 6.07 Å². The van der Waals surface area contributed by atoms with Crippen molar-refractivity contribution >= 4 is 11.9 Å². The van der Waals surface area contributed by atoms with Crippen LogP contribution in [0.3, 0.4) is 0 Å². The predicted octanol–water partition coefficient (Wildman–Crippen LogP) is 1.09. The number of rotatable bonds is 6. The van der Waals surface area contributed by atoms with E-state index in [1.165, 1.54) is 0 Å². The third kappa shape index (κ3) is 2.86. The molecule has 0 fully saturated rings. The number of carbonyl (C=O) groups is 2. The molecule has 94 valence electrons. The molecule has 0 saturated carbocycles. The third-order valence-electron chi connectivity index (χ3n) is 2.89. The van der Waals surface area contributed by atoms with Crippen molar-refractivity contribution in [1.82, 2.24) is 0 Å². The Kier molecular flexibility index (Phi) is 4.44. The molecule has 5 heteroatoms. The standard InChI is InChI=1S/C13H14N2O3/c14-8-4-7-13(11(15)16,12(17)18)9-10-5-2-1-3-6-10/h1-3,5-6H,4,7,9H2,(H2,15,16)(H,17,18). The quantitative estimate of drug-likeness (QED) is 0.733. The van der Waals surface area contributed by atoms with Crippen molar-refractivity contribution in [1.29, 1.82) is 5.26 Å². The molecule has 1 atom stereocenters. The third-order valence-corrected chi connectivity index (χ3v) is 2.89. The average Bonchev–Trinajstić information content (AvgIpc) is 2.35. The summed E-state index contributed by atoms with van der Waals surface area (Å²) in [5.74, 6) is -2.19. The van der Waals surface area contributed by atoms with Crippen molar-refractivity contribution in [3.63, 3.8) is 0 Å². The average molecular weight is 246 g/mol. The highest BCUT2D eigenvalue weighted by Crippen LogP contribution is 2.29. The van der Waals surface area contributed by atoms with Crippen molar-refractivity contribution in [2.45, 2.75) is 19.3 Å². The summed E-state index contributed by atoms with van der Waals surface area (Å²) < 4.78 is 0. The van der Waals surface area contributed by atoms with E-state index in [0.29, 0.717) is 5.56 Å². The van der Waals surface area contributed by atoms with E-state index in [2.05, 4.69) is 0 Å². The zero-order valence-electron chi connectivity index (χ0n) is 9.80. The van der Waals surface area contributed by atoms with Gasteiger partial charge in [0.15, 0.2) is 5.41 Å². The summed E-state index contributed by atoms with van der Waals surface area (Å²) in [7, 11) is 0. The minimum atomic E-state index is -1.71. The number of benzene rings is 1. The summed E-state index contributed by atoms with van der Waals surface area (Å²) in [5.41, 5.74) is 4.23. The number of hydrogen-bond acceptors (Lipinski definition) is 3. The summed E-state index contributed by atoms with van der Waals surface area (Å²) in [5, 5.41) is 17.8. The van der Waals surface area contributed by atoms with Gasteiger partial charge >= 0.3 is 5.97 Å². The fraction of sp³-hybridized carbons (Fsp3) is 0.308. The molecule has 0 aliphatic carbocycles. The van der Waals surface area contributed by atoms with Gasteiger partial charge in [-0.3, -0.25) is 9.59 Å². The minimum absolute atomic E-state index is 0.000185. The van der Waals surface area contributed by atoms with Crippen LogP contribution in [-0.4, -0.2) is 17.0 Å². The Hall–Kier alpha value is -2.35. The van der Waals surface area contributed by atoms with Gasteiger partial charge in [-0.1, -0.05) is 30.3 Å². The molecule has 5 nitrogen and oxygen atoms in total. The van der Waals surface area contributed by atoms with E-state index in [0.717, 1.165) is 0 Å². The predicted molar refractivity (Wildman–Crippen MR) is 64.3 cm³/mol. The number of nitrogens with zero attached hydrogens (tertiary/aromatic N) is 1. The van der Waals surface area contributed by atoms with Crippen LogP contribution in [0.5, 0.6) is 0 Å². The van der Waals surface area contributed by atoms with E-state index in [1.54, 1.807) is 30.3 Å². The van der Waals surface area contributed by atoms with Gasteiger partial charge in [0.05, 0.1) is 6.07 Å². The van der Waals surface area contributed by atoms with E-state index in [4.69, 9.17) is 11.0 Å². The largest absolute Gasteiger partial charge is 0.480 e. The Morgan fingerprint density at radius 3 is 2.39 bits per heavy atom. The number of amides is 1. The van der Waals surface area contributed by atoms with Gasteiger partial charge in [0, 0.05) is 6.42 Å². The molecule has 1 aromatic carbocycles. The highest BCUT2D eigenvalue weighted by molar-refractivity contribution is 6.01. The molecule has 1 amide bonds. The van der Waals surface area contributed by atoms with Crippen LogP contribution >= 0.6 is 0 Å². The first-order valence-corrected chi connectivity index (χ1v) is 5.47. The molecule has 0 spiro atoms. The Balaban J connectivity index is 3.07. The molecular weight excluding hydrogens is 232 g/mol. The highest BCUT2D eigenvalue weighted by Gasteiger charge is 2.44. The van der Waals surface area contributed by atoms with Crippen molar-refractivity contribution in [3.8, 4) is 6.07 Å². The normalized spacial score (nSPS) is 13.3. The first-order chi connectivity index (χ1) is 8.53. The van der Waals surface area contributed by atoms with Gasteiger partial charge < -0.3 is 10.8 Å². The fourth-order valence-electron chi connectivity index (χ4n) is 1.80. The first kappa shape index (κ1) is 13.7. The highest BCUT2D eigenvalue weighted by atomic mass is 16.4. The van der Waals surface area contributed by atoms with Gasteiger partial charge in [-0.05, 0) is 18.4 Å². The Morgan fingerprint density at radius 2 is 1.94 bits per heavy atom. The second-order valence-corrected chi connectivity index (χ2v) is 4.07. The summed E-state index contributed by atoms with van der Waals surface area (Å²) in [6, 6.07) is 10.6. The number of nitriles is 1. The fourth-order valence-corrected chi connectivity index (χ4v) is 1.80. The van der Waals surface area contributed by atoms with Crippen LogP contribution in [0.25, 0.3) is 0 Å². The summed E-state index contributed by atoms with van der Waals surface area (Å²) in [4.78, 5) is 22.9. The second kappa shape index (κ2) is 5.82. The minimum Gasteiger partial charge on any atom is -0.480 e. The molecular formula is C13H14N2O3. The maximum atomic E-state index is 11.5. The molecule has 0 aliphatic heterocycles. The lowest BCUT2D eigenvalue weighted by Crippen LogP contribution is -2.45. The molecule has 0 saturated heterocycles. The lowest BCUT2D eigenvalue weighted by Gasteiger charge is -2.25. The maximum absolute atomic E-state index is 11.5. The molecule has 1 aromatic rings. The lowest BCUT2D eigenvalue weighted by atomic mass is 9.77. The van der Waals surface area contributed by atoms with Crippen molar-refractivity contribution in [2.75, 3.05) is 0 Å². The van der Waals surface area contributed by atoms with Crippen LogP contribution in [0.15, 0.2) is 30.3 Å². The molecule has 0 bridgehead atoms. The van der Waals surface area contributed by atoms with Gasteiger partial charge in [-0.2, -0.15) is 5.26 Å². The zero-order chi connectivity index (χ0) is 13.6. The lowest BCUT2D eigenvalue weighted by molar-refractivity contribution is -0.155. The molecule has 0 heterocycles. The summed E-state index contributed by atoms with van der Waals surface area (Å²) in [6.07, 6.45) is -0.106. The van der Waals surface area contributed by atoms with Gasteiger partial charge in [-0.15, -0.1) is 0 Å². The van der Waals surface area contributed by atoms with Gasteiger partial charge in [-0.25, -0.2) is 0 Å². The van der Waals surface area contributed by atoms with Crippen LogP contribution in [0.2, 0.25) is 0 Å². The van der Waals surface area contributed by atoms with Crippen molar-refractivity contribution in [3.05, 3.63) is 35.9 Å². The van der Waals surface area contributed by atoms with Crippen molar-refractivity contribution in [2.24, 2.45) is 11.1 Å². The monoisotopic (exact) mass is 246 g/mol. The van der Waals surface area contributed by atoms with Gasteiger partial charge in [0.2, 0.25) is 5.91 Å². The Bertz CT molecular complexity index is 463. The molecule has 0 radical (unpaired) electrons. The molecule has 0 aromatic heterocycles. The smallest absolute Gasteiger partial charge is 0.319 e. The van der Waals surface area contributed by atoms with Crippen molar-refractivity contribution < 1.29 is 14.7 Å². The number of hydrogen-bond donors (Lipinski definition) is 2. The molecule has 18 heavy (non-hydrogen) atoms. The van der Waals surface area contributed by atoms with Crippen LogP contribution in [0.4, 0.5) is 0 Å². The summed E-state index contributed by atoms with van der Waals surface area (Å²) in [6.45, 7) is 0. The first-order valence-electron chi connectivity index (χ1n) is 5.47. The van der Waals surface area contributed by atoms with Crippen LogP contribution in [0, 0.1) is 16.7 Å². The van der Waals surface area contributed by atoms with Crippen LogP contribution in [-0.2, 0) is 16.0 Å². The number of nitrogens with two attached hydrogens (primary N) is 1. The Labute approximate surface area is 105 Å². The number of carboxylic acids is 1. The van der Waals surface area contributed by atoms with E-state index < -0.39 is 17.3 Å². The van der Waals surface area contributed by atoms with E-state index >= 15 is 0 Å². The summed E-state index contributed by atoms with van der Waals surface area (Å²) >= 11 is 0.